The Labute approximate surface area is 159 Å². The molecule has 0 radical (unpaired) electrons. The SMILES string of the molecule is CCC(=O)C1=C(c2ccc([N+](=O)[O-])cc2)N(C(=O)CC)n2c(C)nnc2S1. The molecule has 2 heterocycles. The third kappa shape index (κ3) is 3.23. The van der Waals surface area contributed by atoms with Crippen molar-refractivity contribution in [3.63, 3.8) is 0 Å². The van der Waals surface area contributed by atoms with Crippen LogP contribution in [0.2, 0.25) is 0 Å². The van der Waals surface area contributed by atoms with E-state index < -0.39 is 4.92 Å². The van der Waals surface area contributed by atoms with Gasteiger partial charge in [0, 0.05) is 30.5 Å². The van der Waals surface area contributed by atoms with Crippen molar-refractivity contribution in [1.82, 2.24) is 14.9 Å². The van der Waals surface area contributed by atoms with Gasteiger partial charge in [0.05, 0.1) is 15.5 Å². The number of aryl methyl sites for hydroxylation is 1. The van der Waals surface area contributed by atoms with E-state index in [-0.39, 0.29) is 30.2 Å². The normalized spacial score (nSPS) is 13.5. The van der Waals surface area contributed by atoms with Crippen LogP contribution < -0.4 is 5.01 Å². The van der Waals surface area contributed by atoms with E-state index in [0.717, 1.165) is 11.8 Å². The van der Waals surface area contributed by atoms with Crippen molar-refractivity contribution >= 4 is 34.8 Å². The molecule has 1 aliphatic heterocycles. The molecule has 1 amide bonds. The number of benzene rings is 1. The number of rotatable bonds is 5. The van der Waals surface area contributed by atoms with Crippen molar-refractivity contribution in [2.24, 2.45) is 0 Å². The maximum atomic E-state index is 12.8. The summed E-state index contributed by atoms with van der Waals surface area (Å²) in [5, 5.41) is 20.9. The zero-order chi connectivity index (χ0) is 19.7. The quantitative estimate of drug-likeness (QED) is 0.573. The summed E-state index contributed by atoms with van der Waals surface area (Å²) in [5.74, 6) is 0.116. The van der Waals surface area contributed by atoms with Gasteiger partial charge in [-0.1, -0.05) is 13.8 Å². The Kier molecular flexibility index (Phi) is 5.08. The first-order chi connectivity index (χ1) is 12.9. The van der Waals surface area contributed by atoms with Gasteiger partial charge in [0.2, 0.25) is 11.1 Å². The number of nitrogens with zero attached hydrogens (tertiary/aromatic N) is 5. The number of non-ortho nitro benzene ring substituents is 1. The van der Waals surface area contributed by atoms with Crippen LogP contribution in [0.4, 0.5) is 5.69 Å². The van der Waals surface area contributed by atoms with Crippen molar-refractivity contribution in [2.45, 2.75) is 38.8 Å². The Morgan fingerprint density at radius 3 is 2.37 bits per heavy atom. The molecule has 0 atom stereocenters. The van der Waals surface area contributed by atoms with Crippen LogP contribution in [0.25, 0.3) is 5.70 Å². The smallest absolute Gasteiger partial charge is 0.269 e. The number of aromatic nitrogens is 3. The first-order valence-electron chi connectivity index (χ1n) is 8.34. The second kappa shape index (κ2) is 7.31. The molecule has 1 aliphatic rings. The topological polar surface area (TPSA) is 111 Å². The van der Waals surface area contributed by atoms with Gasteiger partial charge < -0.3 is 0 Å². The van der Waals surface area contributed by atoms with Crippen molar-refractivity contribution in [2.75, 3.05) is 5.01 Å². The number of allylic oxidation sites excluding steroid dienone is 1. The lowest BCUT2D eigenvalue weighted by Crippen LogP contribution is -2.42. The van der Waals surface area contributed by atoms with Crippen molar-refractivity contribution in [3.8, 4) is 0 Å². The Morgan fingerprint density at radius 2 is 1.81 bits per heavy atom. The van der Waals surface area contributed by atoms with Gasteiger partial charge in [-0.15, -0.1) is 10.2 Å². The molecular formula is C17H17N5O4S. The number of amides is 1. The lowest BCUT2D eigenvalue weighted by atomic mass is 10.1. The maximum Gasteiger partial charge on any atom is 0.269 e. The van der Waals surface area contributed by atoms with Gasteiger partial charge in [0.1, 0.15) is 0 Å². The minimum absolute atomic E-state index is 0.0688. The van der Waals surface area contributed by atoms with E-state index in [4.69, 9.17) is 0 Å². The van der Waals surface area contributed by atoms with Gasteiger partial charge in [-0.2, -0.15) is 0 Å². The molecule has 2 aromatic rings. The number of nitro groups is 1. The highest BCUT2D eigenvalue weighted by Crippen LogP contribution is 2.40. The molecule has 0 saturated carbocycles. The van der Waals surface area contributed by atoms with E-state index in [1.807, 2.05) is 0 Å². The highest BCUT2D eigenvalue weighted by atomic mass is 32.2. The zero-order valence-corrected chi connectivity index (χ0v) is 15.8. The summed E-state index contributed by atoms with van der Waals surface area (Å²) in [7, 11) is 0. The zero-order valence-electron chi connectivity index (χ0n) is 15.0. The molecule has 27 heavy (non-hydrogen) atoms. The van der Waals surface area contributed by atoms with E-state index in [1.54, 1.807) is 25.4 Å². The average molecular weight is 387 g/mol. The minimum atomic E-state index is -0.497. The van der Waals surface area contributed by atoms with Crippen LogP contribution in [0.3, 0.4) is 0 Å². The fraction of sp³-hybridized carbons (Fsp3) is 0.294. The number of carbonyl (C=O) groups is 2. The number of hydrogen-bond donors (Lipinski definition) is 0. The van der Waals surface area contributed by atoms with Crippen LogP contribution in [0.15, 0.2) is 34.3 Å². The van der Waals surface area contributed by atoms with Gasteiger partial charge in [-0.25, -0.2) is 9.69 Å². The first-order valence-corrected chi connectivity index (χ1v) is 9.16. The molecule has 1 aromatic carbocycles. The third-order valence-electron chi connectivity index (χ3n) is 4.05. The number of hydrogen-bond acceptors (Lipinski definition) is 7. The van der Waals surface area contributed by atoms with Crippen LogP contribution in [0.5, 0.6) is 0 Å². The van der Waals surface area contributed by atoms with Crippen molar-refractivity contribution < 1.29 is 14.5 Å². The first kappa shape index (κ1) is 18.8. The predicted molar refractivity (Wildman–Crippen MR) is 99.4 cm³/mol. The standard InChI is InChI=1S/C17H17N5O4S/c1-4-13(23)16-15(11-6-8-12(9-7-11)22(25)26)21(14(24)5-2)20-10(3)18-19-17(20)27-16/h6-9H,4-5H2,1-3H3. The Morgan fingerprint density at radius 1 is 1.15 bits per heavy atom. The lowest BCUT2D eigenvalue weighted by Gasteiger charge is -2.32. The largest absolute Gasteiger partial charge is 0.294 e. The van der Waals surface area contributed by atoms with Crippen LogP contribution in [-0.4, -0.2) is 31.5 Å². The molecule has 1 aromatic heterocycles. The van der Waals surface area contributed by atoms with Crippen LogP contribution >= 0.6 is 11.8 Å². The fourth-order valence-corrected chi connectivity index (χ4v) is 3.82. The molecule has 0 fully saturated rings. The molecule has 0 spiro atoms. The minimum Gasteiger partial charge on any atom is -0.294 e. The summed E-state index contributed by atoms with van der Waals surface area (Å²) in [6.45, 7) is 5.17. The maximum absolute atomic E-state index is 12.8. The van der Waals surface area contributed by atoms with E-state index in [1.165, 1.54) is 29.3 Å². The molecule has 0 saturated heterocycles. The van der Waals surface area contributed by atoms with Gasteiger partial charge in [0.25, 0.3) is 5.69 Å². The molecule has 140 valence electrons. The average Bonchev–Trinajstić information content (AvgIpc) is 3.06. The van der Waals surface area contributed by atoms with Gasteiger partial charge in [-0.05, 0) is 30.8 Å². The van der Waals surface area contributed by atoms with Crippen molar-refractivity contribution in [3.05, 3.63) is 50.7 Å². The second-order valence-corrected chi connectivity index (χ2v) is 6.74. The molecule has 9 nitrogen and oxygen atoms in total. The summed E-state index contributed by atoms with van der Waals surface area (Å²) in [6, 6.07) is 5.78. The Bertz CT molecular complexity index is 964. The highest BCUT2D eigenvalue weighted by Gasteiger charge is 2.35. The fourth-order valence-electron chi connectivity index (χ4n) is 2.70. The predicted octanol–water partition coefficient (Wildman–Crippen LogP) is 2.82. The summed E-state index contributed by atoms with van der Waals surface area (Å²) in [4.78, 5) is 36.2. The third-order valence-corrected chi connectivity index (χ3v) is 5.12. The van der Waals surface area contributed by atoms with E-state index in [0.29, 0.717) is 27.1 Å². The lowest BCUT2D eigenvalue weighted by molar-refractivity contribution is -0.384. The number of ketones is 1. The Hall–Kier alpha value is -3.01. The highest BCUT2D eigenvalue weighted by molar-refractivity contribution is 8.04. The van der Waals surface area contributed by atoms with Gasteiger partial charge in [-0.3, -0.25) is 19.7 Å². The van der Waals surface area contributed by atoms with Crippen LogP contribution in [-0.2, 0) is 9.59 Å². The summed E-state index contributed by atoms with van der Waals surface area (Å²) < 4.78 is 1.57. The molecule has 0 aliphatic carbocycles. The summed E-state index contributed by atoms with van der Waals surface area (Å²) >= 11 is 1.15. The van der Waals surface area contributed by atoms with Gasteiger partial charge in [0.15, 0.2) is 11.6 Å². The molecule has 0 N–H and O–H groups in total. The molecule has 0 unspecified atom stereocenters. The van der Waals surface area contributed by atoms with Crippen molar-refractivity contribution in [1.29, 1.82) is 0 Å². The van der Waals surface area contributed by atoms with E-state index in [9.17, 15) is 19.7 Å². The monoisotopic (exact) mass is 387 g/mol. The number of Topliss-reactive ketones (excluding diaryl/α,β-unsaturated/α-hetero) is 1. The van der Waals surface area contributed by atoms with Gasteiger partial charge >= 0.3 is 0 Å². The molecule has 10 heteroatoms. The van der Waals surface area contributed by atoms with Crippen LogP contribution in [0.1, 0.15) is 38.1 Å². The Balaban J connectivity index is 2.25. The van der Waals surface area contributed by atoms with Crippen LogP contribution in [0, 0.1) is 17.0 Å². The number of fused-ring (bicyclic) bond motifs is 1. The van der Waals surface area contributed by atoms with E-state index in [2.05, 4.69) is 10.2 Å². The summed E-state index contributed by atoms with van der Waals surface area (Å²) in [6.07, 6.45) is 0.450. The number of thioether (sulfide) groups is 1. The second-order valence-electron chi connectivity index (χ2n) is 5.76. The van der Waals surface area contributed by atoms with E-state index >= 15 is 0 Å². The molecule has 3 rings (SSSR count). The molecular weight excluding hydrogens is 370 g/mol. The summed E-state index contributed by atoms with van der Waals surface area (Å²) in [5.41, 5.74) is 0.857. The molecule has 0 bridgehead atoms. The number of nitro benzene ring substituents is 1. The number of carbonyl (C=O) groups excluding carboxylic acids is 2.